The predicted octanol–water partition coefficient (Wildman–Crippen LogP) is 0.0480. The molecule has 1 N–H and O–H groups in total. The lowest BCUT2D eigenvalue weighted by atomic mass is 10.0. The Morgan fingerprint density at radius 3 is 2.41 bits per heavy atom. The van der Waals surface area contributed by atoms with Gasteiger partial charge in [-0.15, -0.1) is 0 Å². The van der Waals surface area contributed by atoms with Crippen LogP contribution in [-0.4, -0.2) is 39.7 Å². The van der Waals surface area contributed by atoms with E-state index in [0.29, 0.717) is 12.6 Å². The average Bonchev–Trinajstić information content (AvgIpc) is 3.34. The van der Waals surface area contributed by atoms with Gasteiger partial charge >= 0.3 is 5.69 Å². The lowest BCUT2D eigenvalue weighted by Gasteiger charge is -2.32. The highest BCUT2D eigenvalue weighted by Crippen LogP contribution is 2.28. The Morgan fingerprint density at radius 1 is 1.09 bits per heavy atom. The highest BCUT2D eigenvalue weighted by Gasteiger charge is 2.24. The zero-order valence-electron chi connectivity index (χ0n) is 13.5. The molecule has 122 valence electrons. The van der Waals surface area contributed by atoms with Gasteiger partial charge in [0, 0.05) is 51.5 Å². The summed E-state index contributed by atoms with van der Waals surface area (Å²) in [4.78, 5) is 26.1. The standard InChI is InChI=1S/C16H26N4O2/c1-18-14(9-15(21)19(2)16(18)22)11-20-7-5-13(6-8-20)17-10-12-3-4-12/h9,12-13,17H,3-8,10-11H2,1-2H3. The van der Waals surface area contributed by atoms with E-state index in [1.807, 2.05) is 0 Å². The smallest absolute Gasteiger partial charge is 0.314 e. The molecule has 2 heterocycles. The predicted molar refractivity (Wildman–Crippen MR) is 85.9 cm³/mol. The molecular formula is C16H26N4O2. The largest absolute Gasteiger partial charge is 0.330 e. The summed E-state index contributed by atoms with van der Waals surface area (Å²) in [6.45, 7) is 3.89. The van der Waals surface area contributed by atoms with Gasteiger partial charge in [-0.1, -0.05) is 0 Å². The fraction of sp³-hybridized carbons (Fsp3) is 0.750. The average molecular weight is 306 g/mol. The molecule has 1 aliphatic carbocycles. The summed E-state index contributed by atoms with van der Waals surface area (Å²) in [6.07, 6.45) is 5.07. The third-order valence-electron chi connectivity index (χ3n) is 4.99. The molecule has 22 heavy (non-hydrogen) atoms. The summed E-state index contributed by atoms with van der Waals surface area (Å²) in [5, 5.41) is 3.67. The van der Waals surface area contributed by atoms with Crippen LogP contribution >= 0.6 is 0 Å². The van der Waals surface area contributed by atoms with Crippen molar-refractivity contribution in [2.75, 3.05) is 19.6 Å². The summed E-state index contributed by atoms with van der Waals surface area (Å²) < 4.78 is 2.73. The van der Waals surface area contributed by atoms with Crippen LogP contribution < -0.4 is 16.6 Å². The summed E-state index contributed by atoms with van der Waals surface area (Å²) in [5.74, 6) is 0.924. The van der Waals surface area contributed by atoms with Crippen LogP contribution in [0, 0.1) is 5.92 Å². The van der Waals surface area contributed by atoms with Crippen molar-refractivity contribution < 1.29 is 0 Å². The van der Waals surface area contributed by atoms with Crippen molar-refractivity contribution in [3.8, 4) is 0 Å². The molecule has 1 aliphatic heterocycles. The van der Waals surface area contributed by atoms with E-state index in [1.165, 1.54) is 26.4 Å². The maximum absolute atomic E-state index is 12.0. The van der Waals surface area contributed by atoms with E-state index in [4.69, 9.17) is 0 Å². The highest BCUT2D eigenvalue weighted by atomic mass is 16.2. The van der Waals surface area contributed by atoms with Gasteiger partial charge in [0.15, 0.2) is 0 Å². The topological polar surface area (TPSA) is 59.3 Å². The minimum absolute atomic E-state index is 0.223. The van der Waals surface area contributed by atoms with Gasteiger partial charge in [0.2, 0.25) is 0 Å². The van der Waals surface area contributed by atoms with Gasteiger partial charge in [-0.2, -0.15) is 0 Å². The van der Waals surface area contributed by atoms with Crippen LogP contribution in [0.15, 0.2) is 15.7 Å². The Morgan fingerprint density at radius 2 is 1.77 bits per heavy atom. The van der Waals surface area contributed by atoms with Crippen LogP contribution in [0.2, 0.25) is 0 Å². The normalized spacial score (nSPS) is 20.5. The molecule has 2 aliphatic rings. The molecule has 2 fully saturated rings. The number of hydrogen-bond acceptors (Lipinski definition) is 4. The molecule has 0 amide bonds. The van der Waals surface area contributed by atoms with Crippen LogP contribution in [0.3, 0.4) is 0 Å². The quantitative estimate of drug-likeness (QED) is 0.835. The van der Waals surface area contributed by atoms with E-state index in [1.54, 1.807) is 17.7 Å². The summed E-state index contributed by atoms with van der Waals surface area (Å²) in [5.41, 5.74) is 0.333. The van der Waals surface area contributed by atoms with E-state index in [9.17, 15) is 9.59 Å². The molecule has 6 nitrogen and oxygen atoms in total. The lowest BCUT2D eigenvalue weighted by Crippen LogP contribution is -2.44. The molecule has 0 aromatic carbocycles. The van der Waals surface area contributed by atoms with Crippen LogP contribution in [0.5, 0.6) is 0 Å². The van der Waals surface area contributed by atoms with E-state index < -0.39 is 0 Å². The Hall–Kier alpha value is -1.40. The Labute approximate surface area is 130 Å². The van der Waals surface area contributed by atoms with Gasteiger partial charge in [0.25, 0.3) is 5.56 Å². The maximum atomic E-state index is 12.0. The van der Waals surface area contributed by atoms with Crippen LogP contribution in [-0.2, 0) is 20.6 Å². The molecule has 6 heteroatoms. The minimum atomic E-state index is -0.247. The first-order valence-electron chi connectivity index (χ1n) is 8.26. The maximum Gasteiger partial charge on any atom is 0.330 e. The van der Waals surface area contributed by atoms with Crippen LogP contribution in [0.4, 0.5) is 0 Å². The van der Waals surface area contributed by atoms with Crippen molar-refractivity contribution in [2.24, 2.45) is 20.0 Å². The van der Waals surface area contributed by atoms with E-state index in [2.05, 4.69) is 10.2 Å². The Balaban J connectivity index is 1.56. The molecule has 0 atom stereocenters. The van der Waals surface area contributed by atoms with Gasteiger partial charge in [-0.3, -0.25) is 18.8 Å². The minimum Gasteiger partial charge on any atom is -0.314 e. The van der Waals surface area contributed by atoms with Crippen molar-refractivity contribution in [2.45, 2.75) is 38.3 Å². The Bertz CT molecular complexity index is 637. The molecule has 1 saturated heterocycles. The van der Waals surface area contributed by atoms with Crippen molar-refractivity contribution in [1.82, 2.24) is 19.4 Å². The van der Waals surface area contributed by atoms with Crippen LogP contribution in [0.25, 0.3) is 0 Å². The molecule has 0 spiro atoms. The van der Waals surface area contributed by atoms with Crippen molar-refractivity contribution in [3.05, 3.63) is 32.6 Å². The summed E-state index contributed by atoms with van der Waals surface area (Å²) >= 11 is 0. The number of rotatable bonds is 5. The SMILES string of the molecule is Cn1c(CN2CCC(NCC3CC3)CC2)cc(=O)n(C)c1=O. The van der Waals surface area contributed by atoms with Gasteiger partial charge in [-0.25, -0.2) is 4.79 Å². The monoisotopic (exact) mass is 306 g/mol. The van der Waals surface area contributed by atoms with Gasteiger partial charge < -0.3 is 5.32 Å². The van der Waals surface area contributed by atoms with Gasteiger partial charge in [-0.05, 0) is 38.1 Å². The van der Waals surface area contributed by atoms with Gasteiger partial charge in [0.05, 0.1) is 0 Å². The third-order valence-corrected chi connectivity index (χ3v) is 4.99. The zero-order valence-corrected chi connectivity index (χ0v) is 13.5. The third kappa shape index (κ3) is 3.50. The second kappa shape index (κ2) is 6.38. The Kier molecular flexibility index (Phi) is 4.49. The molecule has 0 unspecified atom stereocenters. The molecular weight excluding hydrogens is 280 g/mol. The molecule has 1 saturated carbocycles. The fourth-order valence-electron chi connectivity index (χ4n) is 3.11. The number of nitrogens with one attached hydrogen (secondary N) is 1. The number of aromatic nitrogens is 2. The van der Waals surface area contributed by atoms with E-state index in [-0.39, 0.29) is 11.2 Å². The number of hydrogen-bond donors (Lipinski definition) is 1. The first kappa shape index (κ1) is 15.5. The van der Waals surface area contributed by atoms with Gasteiger partial charge in [0.1, 0.15) is 0 Å². The molecule has 0 bridgehead atoms. The molecule has 3 rings (SSSR count). The number of nitrogens with zero attached hydrogens (tertiary/aromatic N) is 3. The molecule has 0 radical (unpaired) electrons. The fourth-order valence-corrected chi connectivity index (χ4v) is 3.11. The van der Waals surface area contributed by atoms with Crippen molar-refractivity contribution in [3.63, 3.8) is 0 Å². The molecule has 1 aromatic heterocycles. The zero-order chi connectivity index (χ0) is 15.7. The highest BCUT2D eigenvalue weighted by molar-refractivity contribution is 5.02. The first-order chi connectivity index (χ1) is 10.5. The second-order valence-corrected chi connectivity index (χ2v) is 6.78. The van der Waals surface area contributed by atoms with E-state index in [0.717, 1.165) is 42.1 Å². The van der Waals surface area contributed by atoms with Crippen molar-refractivity contribution >= 4 is 0 Å². The lowest BCUT2D eigenvalue weighted by molar-refractivity contribution is 0.186. The van der Waals surface area contributed by atoms with Crippen LogP contribution in [0.1, 0.15) is 31.4 Å². The molecule has 1 aromatic rings. The number of likely N-dealkylation sites (tertiary alicyclic amines) is 1. The second-order valence-electron chi connectivity index (χ2n) is 6.78. The number of piperidine rings is 1. The first-order valence-corrected chi connectivity index (χ1v) is 8.26. The summed E-state index contributed by atoms with van der Waals surface area (Å²) in [7, 11) is 3.26. The summed E-state index contributed by atoms with van der Waals surface area (Å²) in [6, 6.07) is 2.21. The van der Waals surface area contributed by atoms with E-state index >= 15 is 0 Å². The van der Waals surface area contributed by atoms with Crippen molar-refractivity contribution in [1.29, 1.82) is 0 Å².